The maximum atomic E-state index is 5.98. The van der Waals surface area contributed by atoms with Crippen molar-refractivity contribution < 1.29 is 0 Å². The van der Waals surface area contributed by atoms with Crippen LogP contribution in [0.5, 0.6) is 0 Å². The van der Waals surface area contributed by atoms with Gasteiger partial charge in [0, 0.05) is 36.0 Å². The zero-order valence-electron chi connectivity index (χ0n) is 13.0. The van der Waals surface area contributed by atoms with Crippen molar-refractivity contribution in [1.29, 1.82) is 0 Å². The molecule has 0 saturated carbocycles. The highest BCUT2D eigenvalue weighted by Gasteiger charge is 2.02. The first-order valence-electron chi connectivity index (χ1n) is 7.48. The summed E-state index contributed by atoms with van der Waals surface area (Å²) in [5.74, 6) is 0. The number of rotatable bonds is 6. The molecule has 2 nitrogen and oxygen atoms in total. The third-order valence-electron chi connectivity index (χ3n) is 3.78. The second-order valence-electron chi connectivity index (χ2n) is 5.14. The van der Waals surface area contributed by atoms with Crippen LogP contribution in [0.3, 0.4) is 0 Å². The van der Waals surface area contributed by atoms with Gasteiger partial charge >= 0.3 is 0 Å². The van der Waals surface area contributed by atoms with Crippen LogP contribution in [-0.4, -0.2) is 13.1 Å². The summed E-state index contributed by atoms with van der Waals surface area (Å²) in [6.07, 6.45) is 0. The number of halogens is 1. The number of anilines is 2. The molecule has 0 amide bonds. The molecule has 0 fully saturated rings. The van der Waals surface area contributed by atoms with E-state index in [4.69, 9.17) is 11.6 Å². The van der Waals surface area contributed by atoms with Crippen LogP contribution in [0.4, 0.5) is 11.4 Å². The number of hydrogen-bond acceptors (Lipinski definition) is 2. The number of nitrogens with one attached hydrogen (secondary N) is 1. The molecule has 2 aromatic rings. The van der Waals surface area contributed by atoms with Crippen molar-refractivity contribution >= 4 is 23.0 Å². The van der Waals surface area contributed by atoms with Gasteiger partial charge in [0.05, 0.1) is 0 Å². The van der Waals surface area contributed by atoms with E-state index in [9.17, 15) is 0 Å². The fourth-order valence-electron chi connectivity index (χ4n) is 2.43. The van der Waals surface area contributed by atoms with Crippen LogP contribution in [0.15, 0.2) is 42.5 Å². The maximum absolute atomic E-state index is 5.98. The second kappa shape index (κ2) is 7.37. The Kier molecular flexibility index (Phi) is 5.51. The van der Waals surface area contributed by atoms with E-state index in [1.54, 1.807) is 0 Å². The molecule has 0 aliphatic carbocycles. The molecule has 0 heterocycles. The Morgan fingerprint density at radius 1 is 1.00 bits per heavy atom. The van der Waals surface area contributed by atoms with Gasteiger partial charge in [0.1, 0.15) is 0 Å². The average molecular weight is 303 g/mol. The van der Waals surface area contributed by atoms with Gasteiger partial charge in [0.2, 0.25) is 0 Å². The predicted octanol–water partition coefficient (Wildman–Crippen LogP) is 5.11. The number of hydrogen-bond donors (Lipinski definition) is 1. The van der Waals surface area contributed by atoms with Crippen LogP contribution < -0.4 is 10.2 Å². The standard InChI is InChI=1S/C18H23ClN2/c1-4-21(5-2)18-10-8-17(9-11-18)20-13-15-6-7-16(19)12-14(15)3/h6-12,20H,4-5,13H2,1-3H3. The summed E-state index contributed by atoms with van der Waals surface area (Å²) in [6.45, 7) is 9.33. The molecule has 2 aromatic carbocycles. The first kappa shape index (κ1) is 15.7. The van der Waals surface area contributed by atoms with Gasteiger partial charge in [-0.25, -0.2) is 0 Å². The van der Waals surface area contributed by atoms with Crippen molar-refractivity contribution in [3.05, 3.63) is 58.6 Å². The molecule has 21 heavy (non-hydrogen) atoms. The van der Waals surface area contributed by atoms with Crippen molar-refractivity contribution in [3.8, 4) is 0 Å². The lowest BCUT2D eigenvalue weighted by Crippen LogP contribution is -2.21. The first-order valence-corrected chi connectivity index (χ1v) is 7.85. The highest BCUT2D eigenvalue weighted by Crippen LogP contribution is 2.20. The molecular weight excluding hydrogens is 280 g/mol. The summed E-state index contributed by atoms with van der Waals surface area (Å²) in [4.78, 5) is 2.34. The number of benzene rings is 2. The van der Waals surface area contributed by atoms with E-state index in [1.807, 2.05) is 12.1 Å². The third-order valence-corrected chi connectivity index (χ3v) is 4.02. The minimum atomic E-state index is 0.792. The average Bonchev–Trinajstić information content (AvgIpc) is 2.49. The lowest BCUT2D eigenvalue weighted by molar-refractivity contribution is 0.866. The number of aryl methyl sites for hydroxylation is 1. The summed E-state index contributed by atoms with van der Waals surface area (Å²) in [6, 6.07) is 14.6. The van der Waals surface area contributed by atoms with Gasteiger partial charge in [-0.2, -0.15) is 0 Å². The Morgan fingerprint density at radius 2 is 1.67 bits per heavy atom. The van der Waals surface area contributed by atoms with Gasteiger partial charge in [-0.05, 0) is 68.3 Å². The molecule has 1 N–H and O–H groups in total. The Labute approximate surface area is 132 Å². The maximum Gasteiger partial charge on any atom is 0.0408 e. The van der Waals surface area contributed by atoms with Gasteiger partial charge in [-0.15, -0.1) is 0 Å². The smallest absolute Gasteiger partial charge is 0.0408 e. The molecular formula is C18H23ClN2. The van der Waals surface area contributed by atoms with E-state index < -0.39 is 0 Å². The molecule has 3 heteroatoms. The Hall–Kier alpha value is -1.67. The molecule has 0 aliphatic rings. The largest absolute Gasteiger partial charge is 0.381 e. The molecule has 2 rings (SSSR count). The third kappa shape index (κ3) is 4.15. The summed E-state index contributed by atoms with van der Waals surface area (Å²) in [7, 11) is 0. The van der Waals surface area contributed by atoms with Crippen molar-refractivity contribution in [2.75, 3.05) is 23.3 Å². The molecule has 0 unspecified atom stereocenters. The topological polar surface area (TPSA) is 15.3 Å². The molecule has 0 bridgehead atoms. The molecule has 0 spiro atoms. The van der Waals surface area contributed by atoms with Crippen LogP contribution in [0.1, 0.15) is 25.0 Å². The fraction of sp³-hybridized carbons (Fsp3) is 0.333. The van der Waals surface area contributed by atoms with Gasteiger partial charge in [-0.3, -0.25) is 0 Å². The Morgan fingerprint density at radius 3 is 2.24 bits per heavy atom. The minimum absolute atomic E-state index is 0.792. The summed E-state index contributed by atoms with van der Waals surface area (Å²) < 4.78 is 0. The molecule has 112 valence electrons. The van der Waals surface area contributed by atoms with Crippen LogP contribution >= 0.6 is 11.6 Å². The lowest BCUT2D eigenvalue weighted by atomic mass is 10.1. The normalized spacial score (nSPS) is 10.5. The molecule has 0 aromatic heterocycles. The van der Waals surface area contributed by atoms with Gasteiger partial charge in [-0.1, -0.05) is 17.7 Å². The van der Waals surface area contributed by atoms with Gasteiger partial charge in [0.15, 0.2) is 0 Å². The van der Waals surface area contributed by atoms with Crippen molar-refractivity contribution in [1.82, 2.24) is 0 Å². The van der Waals surface area contributed by atoms with E-state index in [0.29, 0.717) is 0 Å². The summed E-state index contributed by atoms with van der Waals surface area (Å²) >= 11 is 5.98. The molecule has 0 aliphatic heterocycles. The van der Waals surface area contributed by atoms with E-state index >= 15 is 0 Å². The van der Waals surface area contributed by atoms with Crippen LogP contribution in [-0.2, 0) is 6.54 Å². The van der Waals surface area contributed by atoms with Crippen LogP contribution in [0.2, 0.25) is 5.02 Å². The van der Waals surface area contributed by atoms with Gasteiger partial charge < -0.3 is 10.2 Å². The SMILES string of the molecule is CCN(CC)c1ccc(NCc2ccc(Cl)cc2C)cc1. The quantitative estimate of drug-likeness (QED) is 0.798. The minimum Gasteiger partial charge on any atom is -0.381 e. The lowest BCUT2D eigenvalue weighted by Gasteiger charge is -2.21. The fourth-order valence-corrected chi connectivity index (χ4v) is 2.66. The highest BCUT2D eigenvalue weighted by atomic mass is 35.5. The molecule has 0 radical (unpaired) electrons. The summed E-state index contributed by atoms with van der Waals surface area (Å²) in [5, 5.41) is 4.25. The summed E-state index contributed by atoms with van der Waals surface area (Å²) in [5.41, 5.74) is 4.90. The zero-order valence-corrected chi connectivity index (χ0v) is 13.7. The zero-order chi connectivity index (χ0) is 15.2. The Balaban J connectivity index is 2.00. The van der Waals surface area contributed by atoms with Crippen molar-refractivity contribution in [2.24, 2.45) is 0 Å². The first-order chi connectivity index (χ1) is 10.1. The van der Waals surface area contributed by atoms with Gasteiger partial charge in [0.25, 0.3) is 0 Å². The van der Waals surface area contributed by atoms with E-state index in [0.717, 1.165) is 30.3 Å². The van der Waals surface area contributed by atoms with E-state index in [1.165, 1.54) is 16.8 Å². The highest BCUT2D eigenvalue weighted by molar-refractivity contribution is 6.30. The monoisotopic (exact) mass is 302 g/mol. The van der Waals surface area contributed by atoms with E-state index in [-0.39, 0.29) is 0 Å². The Bertz CT molecular complexity index is 574. The molecule has 0 saturated heterocycles. The van der Waals surface area contributed by atoms with Crippen LogP contribution in [0, 0.1) is 6.92 Å². The second-order valence-corrected chi connectivity index (χ2v) is 5.58. The van der Waals surface area contributed by atoms with Crippen LogP contribution in [0.25, 0.3) is 0 Å². The number of nitrogens with zero attached hydrogens (tertiary/aromatic N) is 1. The predicted molar refractivity (Wildman–Crippen MR) is 93.5 cm³/mol. The van der Waals surface area contributed by atoms with E-state index in [2.05, 4.69) is 61.3 Å². The van der Waals surface area contributed by atoms with Crippen molar-refractivity contribution in [3.63, 3.8) is 0 Å². The van der Waals surface area contributed by atoms with Crippen molar-refractivity contribution in [2.45, 2.75) is 27.3 Å². The molecule has 0 atom stereocenters.